The van der Waals surface area contributed by atoms with E-state index in [4.69, 9.17) is 0 Å². The molecule has 3 heteroatoms. The number of rotatable bonds is 4. The van der Waals surface area contributed by atoms with Gasteiger partial charge in [-0.25, -0.2) is 0 Å². The highest BCUT2D eigenvalue weighted by Crippen LogP contribution is 2.16. The van der Waals surface area contributed by atoms with Crippen LogP contribution in [0.1, 0.15) is 19.3 Å². The Labute approximate surface area is 97.9 Å². The van der Waals surface area contributed by atoms with Gasteiger partial charge in [-0.15, -0.1) is 0 Å². The summed E-state index contributed by atoms with van der Waals surface area (Å²) in [5.74, 6) is 0.855. The predicted molar refractivity (Wildman–Crippen MR) is 67.7 cm³/mol. The highest BCUT2D eigenvalue weighted by atomic mass is 15.1. The normalized spacial score (nSPS) is 20.7. The van der Waals surface area contributed by atoms with Crippen molar-refractivity contribution < 1.29 is 0 Å². The summed E-state index contributed by atoms with van der Waals surface area (Å²) in [5, 5.41) is 3.47. The molecule has 1 aromatic heterocycles. The van der Waals surface area contributed by atoms with E-state index in [0.29, 0.717) is 0 Å². The Balaban J connectivity index is 1.77. The number of nitrogens with zero attached hydrogens (tertiary/aromatic N) is 2. The molecule has 1 N–H and O–H groups in total. The van der Waals surface area contributed by atoms with Crippen LogP contribution in [-0.2, 0) is 0 Å². The minimum atomic E-state index is 0.855. The molecule has 0 saturated carbocycles. The molecule has 2 heterocycles. The van der Waals surface area contributed by atoms with Crippen LogP contribution >= 0.6 is 0 Å². The van der Waals surface area contributed by atoms with E-state index < -0.39 is 0 Å². The van der Waals surface area contributed by atoms with Crippen LogP contribution in [0.15, 0.2) is 24.5 Å². The van der Waals surface area contributed by atoms with Gasteiger partial charge in [0.2, 0.25) is 0 Å². The van der Waals surface area contributed by atoms with Gasteiger partial charge in [-0.05, 0) is 50.4 Å². The predicted octanol–water partition coefficient (Wildman–Crippen LogP) is 1.91. The highest BCUT2D eigenvalue weighted by Gasteiger charge is 2.13. The van der Waals surface area contributed by atoms with E-state index in [1.54, 1.807) is 0 Å². The average molecular weight is 219 g/mol. The molecule has 0 radical (unpaired) electrons. The molecule has 0 aromatic carbocycles. The monoisotopic (exact) mass is 219 g/mol. The Kier molecular flexibility index (Phi) is 4.17. The molecule has 2 rings (SSSR count). The van der Waals surface area contributed by atoms with Crippen molar-refractivity contribution in [3.8, 4) is 0 Å². The average Bonchev–Trinajstić information content (AvgIpc) is 2.38. The van der Waals surface area contributed by atoms with Gasteiger partial charge in [-0.2, -0.15) is 0 Å². The number of hydrogen-bond donors (Lipinski definition) is 1. The summed E-state index contributed by atoms with van der Waals surface area (Å²) in [7, 11) is 2.15. The first-order chi connectivity index (χ1) is 7.86. The fraction of sp³-hybridized carbons (Fsp3) is 0.615. The zero-order valence-electron chi connectivity index (χ0n) is 10.0. The van der Waals surface area contributed by atoms with Crippen LogP contribution in [0.25, 0.3) is 0 Å². The first-order valence-electron chi connectivity index (χ1n) is 6.18. The summed E-state index contributed by atoms with van der Waals surface area (Å²) in [5.41, 5.74) is 1.21. The van der Waals surface area contributed by atoms with Crippen molar-refractivity contribution in [1.29, 1.82) is 0 Å². The second-order valence-corrected chi connectivity index (χ2v) is 4.63. The Hall–Kier alpha value is -1.09. The standard InChI is InChI=1S/C13H21N3/c1-16(13-5-3-8-15-11-13)9-6-12-4-2-7-14-10-12/h3,5,8,11-12,14H,2,4,6-7,9-10H2,1H3. The molecule has 0 spiro atoms. The summed E-state index contributed by atoms with van der Waals surface area (Å²) >= 11 is 0. The fourth-order valence-corrected chi connectivity index (χ4v) is 2.26. The van der Waals surface area contributed by atoms with Gasteiger partial charge in [0.1, 0.15) is 0 Å². The molecule has 0 amide bonds. The van der Waals surface area contributed by atoms with Gasteiger partial charge < -0.3 is 10.2 Å². The maximum Gasteiger partial charge on any atom is 0.0550 e. The largest absolute Gasteiger partial charge is 0.373 e. The molecule has 1 aliphatic rings. The van der Waals surface area contributed by atoms with Crippen LogP contribution in [0.5, 0.6) is 0 Å². The van der Waals surface area contributed by atoms with Crippen molar-refractivity contribution in [1.82, 2.24) is 10.3 Å². The molecular weight excluding hydrogens is 198 g/mol. The van der Waals surface area contributed by atoms with E-state index in [-0.39, 0.29) is 0 Å². The molecule has 3 nitrogen and oxygen atoms in total. The Bertz CT molecular complexity index is 293. The quantitative estimate of drug-likeness (QED) is 0.838. The molecule has 1 fully saturated rings. The molecule has 16 heavy (non-hydrogen) atoms. The lowest BCUT2D eigenvalue weighted by Gasteiger charge is -2.26. The van der Waals surface area contributed by atoms with Crippen molar-refractivity contribution in [2.75, 3.05) is 31.6 Å². The third kappa shape index (κ3) is 3.20. The topological polar surface area (TPSA) is 28.2 Å². The third-order valence-electron chi connectivity index (χ3n) is 3.36. The van der Waals surface area contributed by atoms with E-state index in [9.17, 15) is 0 Å². The third-order valence-corrected chi connectivity index (χ3v) is 3.36. The second-order valence-electron chi connectivity index (χ2n) is 4.63. The Morgan fingerprint density at radius 1 is 1.56 bits per heavy atom. The molecule has 1 saturated heterocycles. The Morgan fingerprint density at radius 3 is 3.19 bits per heavy atom. The lowest BCUT2D eigenvalue weighted by molar-refractivity contribution is 0.360. The summed E-state index contributed by atoms with van der Waals surface area (Å²) < 4.78 is 0. The van der Waals surface area contributed by atoms with E-state index in [1.807, 2.05) is 18.5 Å². The Morgan fingerprint density at radius 2 is 2.50 bits per heavy atom. The van der Waals surface area contributed by atoms with Crippen LogP contribution in [0.2, 0.25) is 0 Å². The number of hydrogen-bond acceptors (Lipinski definition) is 3. The van der Waals surface area contributed by atoms with Crippen molar-refractivity contribution in [3.05, 3.63) is 24.5 Å². The minimum absolute atomic E-state index is 0.855. The molecular formula is C13H21N3. The van der Waals surface area contributed by atoms with Gasteiger partial charge in [-0.3, -0.25) is 4.98 Å². The number of pyridine rings is 1. The lowest BCUT2D eigenvalue weighted by Crippen LogP contribution is -2.32. The molecule has 1 unspecified atom stereocenters. The molecule has 0 bridgehead atoms. The molecule has 1 aromatic rings. The van der Waals surface area contributed by atoms with Crippen molar-refractivity contribution in [2.45, 2.75) is 19.3 Å². The first-order valence-corrected chi connectivity index (χ1v) is 6.18. The van der Waals surface area contributed by atoms with E-state index in [2.05, 4.69) is 28.3 Å². The zero-order valence-corrected chi connectivity index (χ0v) is 10.0. The van der Waals surface area contributed by atoms with Crippen molar-refractivity contribution >= 4 is 5.69 Å². The molecule has 88 valence electrons. The number of nitrogens with one attached hydrogen (secondary N) is 1. The SMILES string of the molecule is CN(CCC1CCCNC1)c1cccnc1. The summed E-state index contributed by atoms with van der Waals surface area (Å²) in [6.45, 7) is 3.52. The number of anilines is 1. The van der Waals surface area contributed by atoms with Crippen LogP contribution in [0.4, 0.5) is 5.69 Å². The van der Waals surface area contributed by atoms with Gasteiger partial charge in [-0.1, -0.05) is 0 Å². The molecule has 0 aliphatic carbocycles. The minimum Gasteiger partial charge on any atom is -0.373 e. The first kappa shape index (κ1) is 11.4. The maximum atomic E-state index is 4.15. The number of piperidine rings is 1. The van der Waals surface area contributed by atoms with E-state index in [0.717, 1.165) is 12.5 Å². The second kappa shape index (κ2) is 5.85. The van der Waals surface area contributed by atoms with Gasteiger partial charge in [0.25, 0.3) is 0 Å². The highest BCUT2D eigenvalue weighted by molar-refractivity contribution is 5.42. The fourth-order valence-electron chi connectivity index (χ4n) is 2.26. The van der Waals surface area contributed by atoms with Crippen LogP contribution in [0, 0.1) is 5.92 Å². The summed E-state index contributed by atoms with van der Waals surface area (Å²) in [6, 6.07) is 4.11. The zero-order chi connectivity index (χ0) is 11.2. The van der Waals surface area contributed by atoms with Crippen molar-refractivity contribution in [3.63, 3.8) is 0 Å². The van der Waals surface area contributed by atoms with Gasteiger partial charge in [0.15, 0.2) is 0 Å². The van der Waals surface area contributed by atoms with Crippen LogP contribution in [-0.4, -0.2) is 31.7 Å². The summed E-state index contributed by atoms with van der Waals surface area (Å²) in [6.07, 6.45) is 7.75. The van der Waals surface area contributed by atoms with Gasteiger partial charge >= 0.3 is 0 Å². The lowest BCUT2D eigenvalue weighted by atomic mass is 9.96. The maximum absolute atomic E-state index is 4.15. The van der Waals surface area contributed by atoms with E-state index >= 15 is 0 Å². The van der Waals surface area contributed by atoms with Gasteiger partial charge in [0.05, 0.1) is 11.9 Å². The van der Waals surface area contributed by atoms with Crippen LogP contribution in [0.3, 0.4) is 0 Å². The number of aromatic nitrogens is 1. The summed E-state index contributed by atoms with van der Waals surface area (Å²) in [4.78, 5) is 6.44. The van der Waals surface area contributed by atoms with Crippen LogP contribution < -0.4 is 10.2 Å². The van der Waals surface area contributed by atoms with Gasteiger partial charge in [0, 0.05) is 19.8 Å². The molecule has 1 atom stereocenters. The van der Waals surface area contributed by atoms with E-state index in [1.165, 1.54) is 38.0 Å². The molecule has 1 aliphatic heterocycles. The smallest absolute Gasteiger partial charge is 0.0550 e. The van der Waals surface area contributed by atoms with Crippen molar-refractivity contribution in [2.24, 2.45) is 5.92 Å².